The Morgan fingerprint density at radius 3 is 2.84 bits per heavy atom. The third-order valence-electron chi connectivity index (χ3n) is 3.03. The Hall–Kier alpha value is -2.27. The van der Waals surface area contributed by atoms with E-state index in [0.29, 0.717) is 17.4 Å². The smallest absolute Gasteiger partial charge is 0.243 e. The first-order valence-electron chi connectivity index (χ1n) is 6.23. The van der Waals surface area contributed by atoms with E-state index in [1.54, 1.807) is 0 Å². The average molecular weight is 254 g/mol. The summed E-state index contributed by atoms with van der Waals surface area (Å²) in [5, 5.41) is 5.02. The Morgan fingerprint density at radius 2 is 2.00 bits per heavy atom. The Morgan fingerprint density at radius 1 is 1.16 bits per heavy atom. The van der Waals surface area contributed by atoms with E-state index >= 15 is 0 Å². The maximum Gasteiger partial charge on any atom is 0.243 e. The minimum absolute atomic E-state index is 0.221. The van der Waals surface area contributed by atoms with Crippen molar-refractivity contribution >= 4 is 10.9 Å². The highest BCUT2D eigenvalue weighted by Gasteiger charge is 2.14. The van der Waals surface area contributed by atoms with Crippen molar-refractivity contribution in [1.82, 2.24) is 15.1 Å². The summed E-state index contributed by atoms with van der Waals surface area (Å²) >= 11 is 0. The standard InChI is InChI=1S/C14H14N4O/c1-2-10(15)14-17-13(18-19-14)12-8-7-9-5-3-4-6-11(9)16-12/h3-8,10H,2,15H2,1H3/t10-/m1/s1. The Bertz CT molecular complexity index is 707. The number of para-hydroxylation sites is 1. The fourth-order valence-electron chi connectivity index (χ4n) is 1.86. The van der Waals surface area contributed by atoms with Crippen molar-refractivity contribution < 1.29 is 4.52 Å². The van der Waals surface area contributed by atoms with Crippen LogP contribution in [0.2, 0.25) is 0 Å². The van der Waals surface area contributed by atoms with E-state index in [2.05, 4.69) is 15.1 Å². The van der Waals surface area contributed by atoms with Crippen LogP contribution >= 0.6 is 0 Å². The molecular weight excluding hydrogens is 240 g/mol. The summed E-state index contributed by atoms with van der Waals surface area (Å²) in [4.78, 5) is 8.81. The quantitative estimate of drug-likeness (QED) is 0.777. The van der Waals surface area contributed by atoms with Crippen LogP contribution in [0, 0.1) is 0 Å². The Labute approximate surface area is 110 Å². The van der Waals surface area contributed by atoms with Crippen molar-refractivity contribution in [3.8, 4) is 11.5 Å². The van der Waals surface area contributed by atoms with Gasteiger partial charge in [-0.25, -0.2) is 4.98 Å². The topological polar surface area (TPSA) is 77.8 Å². The van der Waals surface area contributed by atoms with Gasteiger partial charge in [-0.2, -0.15) is 4.98 Å². The number of aromatic nitrogens is 3. The lowest BCUT2D eigenvalue weighted by Crippen LogP contribution is -2.08. The van der Waals surface area contributed by atoms with Crippen LogP contribution < -0.4 is 5.73 Å². The third-order valence-corrected chi connectivity index (χ3v) is 3.03. The zero-order valence-electron chi connectivity index (χ0n) is 10.6. The van der Waals surface area contributed by atoms with Crippen molar-refractivity contribution in [2.75, 3.05) is 0 Å². The minimum atomic E-state index is -0.221. The molecule has 0 aliphatic heterocycles. The zero-order valence-corrected chi connectivity index (χ0v) is 10.6. The minimum Gasteiger partial charge on any atom is -0.337 e. The molecule has 0 saturated carbocycles. The van der Waals surface area contributed by atoms with Crippen molar-refractivity contribution in [3.63, 3.8) is 0 Å². The molecule has 0 unspecified atom stereocenters. The van der Waals surface area contributed by atoms with Gasteiger partial charge in [0.15, 0.2) is 0 Å². The van der Waals surface area contributed by atoms with Crippen LogP contribution in [-0.2, 0) is 0 Å². The van der Waals surface area contributed by atoms with Gasteiger partial charge in [0.1, 0.15) is 5.69 Å². The van der Waals surface area contributed by atoms with Crippen LogP contribution in [0.3, 0.4) is 0 Å². The van der Waals surface area contributed by atoms with Gasteiger partial charge in [-0.05, 0) is 18.6 Å². The van der Waals surface area contributed by atoms with E-state index in [-0.39, 0.29) is 6.04 Å². The van der Waals surface area contributed by atoms with Gasteiger partial charge < -0.3 is 10.3 Å². The average Bonchev–Trinajstić information content (AvgIpc) is 2.95. The number of nitrogens with two attached hydrogens (primary N) is 1. The number of nitrogens with zero attached hydrogens (tertiary/aromatic N) is 3. The second-order valence-corrected chi connectivity index (χ2v) is 4.36. The number of hydrogen-bond acceptors (Lipinski definition) is 5. The molecule has 0 spiro atoms. The highest BCUT2D eigenvalue weighted by atomic mass is 16.5. The zero-order chi connectivity index (χ0) is 13.2. The predicted molar refractivity (Wildman–Crippen MR) is 72.3 cm³/mol. The summed E-state index contributed by atoms with van der Waals surface area (Å²) in [5.74, 6) is 0.928. The highest BCUT2D eigenvalue weighted by molar-refractivity contribution is 5.80. The van der Waals surface area contributed by atoms with Crippen molar-refractivity contribution in [2.45, 2.75) is 19.4 Å². The highest BCUT2D eigenvalue weighted by Crippen LogP contribution is 2.20. The van der Waals surface area contributed by atoms with Crippen LogP contribution in [-0.4, -0.2) is 15.1 Å². The molecule has 5 heteroatoms. The van der Waals surface area contributed by atoms with Crippen LogP contribution in [0.1, 0.15) is 25.3 Å². The van der Waals surface area contributed by atoms with E-state index in [4.69, 9.17) is 10.3 Å². The second kappa shape index (κ2) is 4.78. The molecule has 0 aliphatic rings. The molecule has 0 amide bonds. The predicted octanol–water partition coefficient (Wildman–Crippen LogP) is 2.69. The molecule has 19 heavy (non-hydrogen) atoms. The molecule has 3 rings (SSSR count). The molecule has 0 aliphatic carbocycles. The van der Waals surface area contributed by atoms with Crippen LogP contribution in [0.5, 0.6) is 0 Å². The number of hydrogen-bond donors (Lipinski definition) is 1. The third kappa shape index (κ3) is 2.20. The van der Waals surface area contributed by atoms with Crippen LogP contribution in [0.25, 0.3) is 22.4 Å². The number of benzene rings is 1. The Balaban J connectivity index is 2.01. The summed E-state index contributed by atoms with van der Waals surface area (Å²) in [7, 11) is 0. The monoisotopic (exact) mass is 254 g/mol. The maximum absolute atomic E-state index is 5.86. The molecule has 2 aromatic heterocycles. The van der Waals surface area contributed by atoms with Gasteiger partial charge in [-0.15, -0.1) is 0 Å². The van der Waals surface area contributed by atoms with Gasteiger partial charge in [0, 0.05) is 5.39 Å². The van der Waals surface area contributed by atoms with Gasteiger partial charge in [0.25, 0.3) is 0 Å². The first-order valence-corrected chi connectivity index (χ1v) is 6.23. The van der Waals surface area contributed by atoms with Crippen LogP contribution in [0.15, 0.2) is 40.9 Å². The number of pyridine rings is 1. The molecular formula is C14H14N4O. The van der Waals surface area contributed by atoms with Crippen molar-refractivity contribution in [1.29, 1.82) is 0 Å². The maximum atomic E-state index is 5.86. The van der Waals surface area contributed by atoms with Gasteiger partial charge in [0.05, 0.1) is 11.6 Å². The molecule has 2 heterocycles. The molecule has 0 bridgehead atoms. The molecule has 5 nitrogen and oxygen atoms in total. The normalized spacial score (nSPS) is 12.7. The van der Waals surface area contributed by atoms with E-state index in [1.807, 2.05) is 43.3 Å². The number of fused-ring (bicyclic) bond motifs is 1. The van der Waals surface area contributed by atoms with E-state index < -0.39 is 0 Å². The summed E-state index contributed by atoms with van der Waals surface area (Å²) in [6.45, 7) is 1.98. The van der Waals surface area contributed by atoms with Crippen molar-refractivity contribution in [2.24, 2.45) is 5.73 Å². The molecule has 0 radical (unpaired) electrons. The lowest BCUT2D eigenvalue weighted by molar-refractivity contribution is 0.352. The van der Waals surface area contributed by atoms with Crippen molar-refractivity contribution in [3.05, 3.63) is 42.3 Å². The van der Waals surface area contributed by atoms with E-state index in [1.165, 1.54) is 0 Å². The van der Waals surface area contributed by atoms with E-state index in [9.17, 15) is 0 Å². The molecule has 96 valence electrons. The SMILES string of the molecule is CC[C@@H](N)c1nc(-c2ccc3ccccc3n2)no1. The molecule has 2 N–H and O–H groups in total. The largest absolute Gasteiger partial charge is 0.337 e. The molecule has 0 saturated heterocycles. The van der Waals surface area contributed by atoms with Gasteiger partial charge >= 0.3 is 0 Å². The number of rotatable bonds is 3. The first-order chi connectivity index (χ1) is 9.28. The summed E-state index contributed by atoms with van der Waals surface area (Å²) in [6.07, 6.45) is 0.757. The summed E-state index contributed by atoms with van der Waals surface area (Å²) < 4.78 is 5.16. The molecule has 1 atom stereocenters. The van der Waals surface area contributed by atoms with Crippen LogP contribution in [0.4, 0.5) is 0 Å². The fourth-order valence-corrected chi connectivity index (χ4v) is 1.86. The lowest BCUT2D eigenvalue weighted by Gasteiger charge is -2.00. The lowest BCUT2D eigenvalue weighted by atomic mass is 10.2. The summed E-state index contributed by atoms with van der Waals surface area (Å²) in [6, 6.07) is 11.6. The molecule has 0 fully saturated rings. The summed E-state index contributed by atoms with van der Waals surface area (Å²) in [5.41, 5.74) is 7.46. The van der Waals surface area contributed by atoms with Gasteiger partial charge in [-0.1, -0.05) is 36.3 Å². The van der Waals surface area contributed by atoms with Gasteiger partial charge in [-0.3, -0.25) is 0 Å². The second-order valence-electron chi connectivity index (χ2n) is 4.36. The Kier molecular flexibility index (Phi) is 2.97. The molecule has 1 aromatic carbocycles. The fraction of sp³-hybridized carbons (Fsp3) is 0.214. The first kappa shape index (κ1) is 11.8. The van der Waals surface area contributed by atoms with E-state index in [0.717, 1.165) is 17.3 Å². The van der Waals surface area contributed by atoms with Gasteiger partial charge in [0.2, 0.25) is 11.7 Å². The molecule has 3 aromatic rings.